The van der Waals surface area contributed by atoms with Crippen LogP contribution in [0.3, 0.4) is 0 Å². The lowest BCUT2D eigenvalue weighted by atomic mass is 9.90. The number of urea groups is 1. The zero-order chi connectivity index (χ0) is 21.3. The van der Waals surface area contributed by atoms with Gasteiger partial charge in [-0.05, 0) is 43.2 Å². The lowest BCUT2D eigenvalue weighted by Crippen LogP contribution is -2.62. The summed E-state index contributed by atoms with van der Waals surface area (Å²) in [5.41, 5.74) is -0.0992. The largest absolute Gasteiger partial charge is 0.433 e. The van der Waals surface area contributed by atoms with Crippen LogP contribution in [0.4, 0.5) is 18.0 Å². The average molecular weight is 426 g/mol. The Hall–Kier alpha value is -2.36. The summed E-state index contributed by atoms with van der Waals surface area (Å²) < 4.78 is 43.4. The Morgan fingerprint density at radius 3 is 2.57 bits per heavy atom. The van der Waals surface area contributed by atoms with Crippen LogP contribution in [-0.2, 0) is 22.1 Å². The van der Waals surface area contributed by atoms with E-state index in [0.717, 1.165) is 24.5 Å². The van der Waals surface area contributed by atoms with Crippen molar-refractivity contribution in [2.24, 2.45) is 5.92 Å². The molecule has 164 valence electrons. The van der Waals surface area contributed by atoms with Gasteiger partial charge in [0.25, 0.3) is 0 Å². The first kappa shape index (κ1) is 20.9. The van der Waals surface area contributed by atoms with Crippen LogP contribution < -0.4 is 5.32 Å². The summed E-state index contributed by atoms with van der Waals surface area (Å²) in [7, 11) is 0. The summed E-state index contributed by atoms with van der Waals surface area (Å²) in [5.74, 6) is 0.161. The molecular formula is C20H25F3N4O3. The number of piperidine rings is 2. The smallest absolute Gasteiger partial charge is 0.366 e. The lowest BCUT2D eigenvalue weighted by molar-refractivity contribution is -0.141. The fraction of sp³-hybridized carbons (Fsp3) is 0.650. The third-order valence-corrected chi connectivity index (χ3v) is 6.12. The molecule has 7 nitrogen and oxygen atoms in total. The van der Waals surface area contributed by atoms with Crippen LogP contribution in [0.15, 0.2) is 18.3 Å². The molecule has 30 heavy (non-hydrogen) atoms. The topological polar surface area (TPSA) is 74.8 Å². The van der Waals surface area contributed by atoms with Crippen LogP contribution in [0, 0.1) is 5.92 Å². The number of carbonyl (C=O) groups excluding carboxylic acids is 2. The Kier molecular flexibility index (Phi) is 5.86. The highest BCUT2D eigenvalue weighted by molar-refractivity contribution is 5.79. The molecular weight excluding hydrogens is 401 g/mol. The van der Waals surface area contributed by atoms with Crippen molar-refractivity contribution in [3.05, 3.63) is 29.6 Å². The van der Waals surface area contributed by atoms with Crippen molar-refractivity contribution in [1.29, 1.82) is 0 Å². The minimum absolute atomic E-state index is 0.0251. The Bertz CT molecular complexity index is 778. The van der Waals surface area contributed by atoms with Crippen molar-refractivity contribution in [3.8, 4) is 0 Å². The minimum atomic E-state index is -4.43. The quantitative estimate of drug-likeness (QED) is 0.786. The average Bonchev–Trinajstić information content (AvgIpc) is 2.73. The second-order valence-electron chi connectivity index (χ2n) is 8.22. The van der Waals surface area contributed by atoms with E-state index in [0.29, 0.717) is 44.9 Å². The highest BCUT2D eigenvalue weighted by Crippen LogP contribution is 2.28. The molecule has 1 aromatic rings. The number of ether oxygens (including phenoxy) is 1. The first-order chi connectivity index (χ1) is 14.3. The molecule has 3 aliphatic rings. The Morgan fingerprint density at radius 2 is 1.90 bits per heavy atom. The number of aromatic nitrogens is 1. The van der Waals surface area contributed by atoms with Gasteiger partial charge in [-0.3, -0.25) is 9.78 Å². The van der Waals surface area contributed by atoms with Gasteiger partial charge in [-0.15, -0.1) is 0 Å². The summed E-state index contributed by atoms with van der Waals surface area (Å²) in [4.78, 5) is 31.5. The molecule has 3 aliphatic heterocycles. The molecule has 3 fully saturated rings. The number of nitrogens with zero attached hydrogens (tertiary/aromatic N) is 3. The van der Waals surface area contributed by atoms with Gasteiger partial charge in [-0.2, -0.15) is 13.2 Å². The maximum absolute atomic E-state index is 12.9. The van der Waals surface area contributed by atoms with E-state index >= 15 is 0 Å². The summed E-state index contributed by atoms with van der Waals surface area (Å²) in [6.45, 7) is 2.37. The van der Waals surface area contributed by atoms with Crippen LogP contribution in [0.1, 0.15) is 30.5 Å². The zero-order valence-electron chi connectivity index (χ0n) is 16.5. The maximum Gasteiger partial charge on any atom is 0.433 e. The number of morpholine rings is 1. The van der Waals surface area contributed by atoms with Crippen LogP contribution in [0.25, 0.3) is 0 Å². The molecule has 0 bridgehead atoms. The van der Waals surface area contributed by atoms with Gasteiger partial charge in [-0.25, -0.2) is 4.79 Å². The third kappa shape index (κ3) is 4.69. The lowest BCUT2D eigenvalue weighted by Gasteiger charge is -2.43. The Morgan fingerprint density at radius 1 is 1.17 bits per heavy atom. The number of hydrogen-bond acceptors (Lipinski definition) is 4. The number of carbonyl (C=O) groups is 2. The van der Waals surface area contributed by atoms with Gasteiger partial charge in [0, 0.05) is 32.4 Å². The van der Waals surface area contributed by atoms with Gasteiger partial charge in [0.05, 0.1) is 12.1 Å². The summed E-state index contributed by atoms with van der Waals surface area (Å²) in [6.07, 6.45) is -0.206. The molecule has 1 aromatic heterocycles. The van der Waals surface area contributed by atoms with E-state index in [9.17, 15) is 22.8 Å². The Labute approximate surface area is 172 Å². The maximum atomic E-state index is 12.9. The number of alkyl halides is 3. The second-order valence-corrected chi connectivity index (χ2v) is 8.22. The molecule has 0 aliphatic carbocycles. The number of nitrogens with one attached hydrogen (secondary N) is 1. The molecule has 2 atom stereocenters. The second kappa shape index (κ2) is 8.41. The van der Waals surface area contributed by atoms with Gasteiger partial charge in [0.15, 0.2) is 0 Å². The number of amides is 3. The van der Waals surface area contributed by atoms with Crippen molar-refractivity contribution in [2.45, 2.75) is 44.0 Å². The van der Waals surface area contributed by atoms with Gasteiger partial charge in [0.2, 0.25) is 5.91 Å². The van der Waals surface area contributed by atoms with E-state index in [1.54, 1.807) is 4.90 Å². The van der Waals surface area contributed by atoms with Crippen LogP contribution in [0.2, 0.25) is 0 Å². The standard InChI is InChI=1S/C20H25F3N4O3/c21-20(22,23)17-2-1-14(10-24-17)9-13-3-6-26(7-4-13)19(29)27-8-5-16-15(11-27)25-18(28)12-30-16/h1-2,10,13,15-16H,3-9,11-12H2,(H,25,28)/t15-,16+/m1/s1. The summed E-state index contributed by atoms with van der Waals surface area (Å²) in [5, 5.41) is 2.90. The molecule has 1 N–H and O–H groups in total. The van der Waals surface area contributed by atoms with Crippen molar-refractivity contribution in [2.75, 3.05) is 32.8 Å². The van der Waals surface area contributed by atoms with Crippen molar-refractivity contribution in [1.82, 2.24) is 20.1 Å². The number of likely N-dealkylation sites (tertiary alicyclic amines) is 2. The summed E-state index contributed by atoms with van der Waals surface area (Å²) >= 11 is 0. The van der Waals surface area contributed by atoms with Crippen molar-refractivity contribution >= 4 is 11.9 Å². The van der Waals surface area contributed by atoms with E-state index < -0.39 is 11.9 Å². The van der Waals surface area contributed by atoms with E-state index in [4.69, 9.17) is 4.74 Å². The van der Waals surface area contributed by atoms with Crippen LogP contribution >= 0.6 is 0 Å². The SMILES string of the molecule is O=C1CO[C@H]2CCN(C(=O)N3CCC(Cc4ccc(C(F)(F)F)nc4)CC3)C[C@H]2N1. The molecule has 3 amide bonds. The molecule has 3 saturated heterocycles. The highest BCUT2D eigenvalue weighted by atomic mass is 19.4. The molecule has 0 spiro atoms. The van der Waals surface area contributed by atoms with Gasteiger partial charge < -0.3 is 19.9 Å². The normalized spacial score (nSPS) is 25.6. The van der Waals surface area contributed by atoms with E-state index in [-0.39, 0.29) is 30.7 Å². The molecule has 0 unspecified atom stereocenters. The number of rotatable bonds is 2. The van der Waals surface area contributed by atoms with E-state index in [2.05, 4.69) is 10.3 Å². The first-order valence-corrected chi connectivity index (χ1v) is 10.3. The van der Waals surface area contributed by atoms with Crippen LogP contribution in [-0.4, -0.2) is 71.7 Å². The fourth-order valence-corrected chi connectivity index (χ4v) is 4.45. The highest BCUT2D eigenvalue weighted by Gasteiger charge is 2.38. The Balaban J connectivity index is 1.26. The molecule has 0 saturated carbocycles. The minimum Gasteiger partial charge on any atom is -0.366 e. The predicted molar refractivity (Wildman–Crippen MR) is 100 cm³/mol. The van der Waals surface area contributed by atoms with Crippen molar-refractivity contribution in [3.63, 3.8) is 0 Å². The summed E-state index contributed by atoms with van der Waals surface area (Å²) in [6, 6.07) is 2.32. The van der Waals surface area contributed by atoms with Gasteiger partial charge in [-0.1, -0.05) is 6.07 Å². The third-order valence-electron chi connectivity index (χ3n) is 6.12. The number of fused-ring (bicyclic) bond motifs is 1. The van der Waals surface area contributed by atoms with Crippen molar-refractivity contribution < 1.29 is 27.5 Å². The first-order valence-electron chi connectivity index (χ1n) is 10.3. The van der Waals surface area contributed by atoms with Gasteiger partial charge in [0.1, 0.15) is 12.3 Å². The number of halogens is 3. The molecule has 10 heteroatoms. The van der Waals surface area contributed by atoms with E-state index in [1.807, 2.05) is 4.90 Å². The molecule has 0 aromatic carbocycles. The number of hydrogen-bond donors (Lipinski definition) is 1. The van der Waals surface area contributed by atoms with E-state index in [1.165, 1.54) is 12.3 Å². The predicted octanol–water partition coefficient (Wildman–Crippen LogP) is 2.06. The van der Waals surface area contributed by atoms with Crippen LogP contribution in [0.5, 0.6) is 0 Å². The fourth-order valence-electron chi connectivity index (χ4n) is 4.45. The monoisotopic (exact) mass is 426 g/mol. The molecule has 4 rings (SSSR count). The molecule has 4 heterocycles. The number of pyridine rings is 1. The van der Waals surface area contributed by atoms with Gasteiger partial charge >= 0.3 is 12.2 Å². The molecule has 0 radical (unpaired) electrons. The zero-order valence-corrected chi connectivity index (χ0v) is 16.5.